The molecule has 3 N–H and O–H groups in total. The van der Waals surface area contributed by atoms with Gasteiger partial charge in [-0.1, -0.05) is 19.3 Å². The standard InChI is InChI=1S/C9H13N3O/c10-9-7(5-11-12-9)8(13)4-6-2-1-3-6/h5-6H,1-4H2,(H3,10,11,12). The van der Waals surface area contributed by atoms with Gasteiger partial charge in [-0.05, 0) is 5.92 Å². The summed E-state index contributed by atoms with van der Waals surface area (Å²) in [6.45, 7) is 0. The second-order valence-corrected chi connectivity index (χ2v) is 3.62. The van der Waals surface area contributed by atoms with Crippen molar-refractivity contribution in [2.45, 2.75) is 25.7 Å². The Morgan fingerprint density at radius 3 is 2.92 bits per heavy atom. The highest BCUT2D eigenvalue weighted by molar-refractivity contribution is 5.99. The highest BCUT2D eigenvalue weighted by atomic mass is 16.1. The Morgan fingerprint density at radius 2 is 2.46 bits per heavy atom. The summed E-state index contributed by atoms with van der Waals surface area (Å²) in [5, 5.41) is 6.29. The van der Waals surface area contributed by atoms with Crippen LogP contribution < -0.4 is 5.73 Å². The highest BCUT2D eigenvalue weighted by Crippen LogP contribution is 2.30. The van der Waals surface area contributed by atoms with Gasteiger partial charge in [-0.25, -0.2) is 0 Å². The number of carbonyl (C=O) groups excluding carboxylic acids is 1. The van der Waals surface area contributed by atoms with E-state index in [2.05, 4.69) is 10.2 Å². The van der Waals surface area contributed by atoms with Crippen LogP contribution in [0.2, 0.25) is 0 Å². The van der Waals surface area contributed by atoms with Gasteiger partial charge in [-0.15, -0.1) is 0 Å². The predicted octanol–water partition coefficient (Wildman–Crippen LogP) is 1.36. The van der Waals surface area contributed by atoms with Gasteiger partial charge < -0.3 is 5.73 Å². The van der Waals surface area contributed by atoms with Gasteiger partial charge in [0.05, 0.1) is 11.8 Å². The summed E-state index contributed by atoms with van der Waals surface area (Å²) in [6.07, 6.45) is 5.77. The first-order valence-corrected chi connectivity index (χ1v) is 4.59. The molecule has 1 aromatic rings. The van der Waals surface area contributed by atoms with E-state index in [1.807, 2.05) is 0 Å². The number of hydrogen-bond donors (Lipinski definition) is 2. The lowest BCUT2D eigenvalue weighted by Gasteiger charge is -2.24. The SMILES string of the molecule is Nc1[nH]ncc1C(=O)CC1CCC1. The third-order valence-electron chi connectivity index (χ3n) is 2.67. The highest BCUT2D eigenvalue weighted by Gasteiger charge is 2.22. The van der Waals surface area contributed by atoms with Crippen LogP contribution in [0.3, 0.4) is 0 Å². The average molecular weight is 179 g/mol. The largest absolute Gasteiger partial charge is 0.383 e. The van der Waals surface area contributed by atoms with Crippen LogP contribution in [0, 0.1) is 5.92 Å². The molecule has 70 valence electrons. The maximum absolute atomic E-state index is 11.6. The zero-order chi connectivity index (χ0) is 9.26. The Balaban J connectivity index is 2.00. The molecule has 0 saturated heterocycles. The number of aromatic nitrogens is 2. The number of ketones is 1. The van der Waals surface area contributed by atoms with E-state index in [4.69, 9.17) is 5.73 Å². The first-order chi connectivity index (χ1) is 6.27. The van der Waals surface area contributed by atoms with E-state index < -0.39 is 0 Å². The maximum atomic E-state index is 11.6. The van der Waals surface area contributed by atoms with Crippen LogP contribution in [0.1, 0.15) is 36.0 Å². The molecular weight excluding hydrogens is 166 g/mol. The lowest BCUT2D eigenvalue weighted by molar-refractivity contribution is 0.0937. The monoisotopic (exact) mass is 179 g/mol. The van der Waals surface area contributed by atoms with Crippen LogP contribution in [-0.4, -0.2) is 16.0 Å². The topological polar surface area (TPSA) is 71.8 Å². The third-order valence-corrected chi connectivity index (χ3v) is 2.67. The van der Waals surface area contributed by atoms with Crippen molar-refractivity contribution >= 4 is 11.6 Å². The van der Waals surface area contributed by atoms with Gasteiger partial charge in [0.2, 0.25) is 0 Å². The summed E-state index contributed by atoms with van der Waals surface area (Å²) < 4.78 is 0. The Labute approximate surface area is 76.5 Å². The van der Waals surface area contributed by atoms with E-state index in [1.54, 1.807) is 0 Å². The van der Waals surface area contributed by atoms with Gasteiger partial charge in [0.15, 0.2) is 5.78 Å². The van der Waals surface area contributed by atoms with Crippen molar-refractivity contribution in [1.82, 2.24) is 10.2 Å². The minimum absolute atomic E-state index is 0.121. The fraction of sp³-hybridized carbons (Fsp3) is 0.556. The molecule has 4 heteroatoms. The molecular formula is C9H13N3O. The summed E-state index contributed by atoms with van der Waals surface area (Å²) in [5.41, 5.74) is 6.09. The third kappa shape index (κ3) is 1.56. The molecule has 1 fully saturated rings. The maximum Gasteiger partial charge on any atom is 0.168 e. The number of nitrogens with two attached hydrogens (primary N) is 1. The van der Waals surface area contributed by atoms with Crippen molar-refractivity contribution in [3.8, 4) is 0 Å². The first kappa shape index (κ1) is 8.29. The van der Waals surface area contributed by atoms with Gasteiger partial charge >= 0.3 is 0 Å². The van der Waals surface area contributed by atoms with Gasteiger partial charge in [-0.2, -0.15) is 5.10 Å². The van der Waals surface area contributed by atoms with Crippen LogP contribution >= 0.6 is 0 Å². The Bertz CT molecular complexity index is 314. The Hall–Kier alpha value is -1.32. The van der Waals surface area contributed by atoms with Crippen LogP contribution in [0.4, 0.5) is 5.82 Å². The van der Waals surface area contributed by atoms with E-state index in [0.29, 0.717) is 23.7 Å². The molecule has 1 aliphatic rings. The minimum atomic E-state index is 0.121. The van der Waals surface area contributed by atoms with Gasteiger partial charge in [-0.3, -0.25) is 9.89 Å². The molecule has 0 amide bonds. The van der Waals surface area contributed by atoms with E-state index in [0.717, 1.165) is 0 Å². The summed E-state index contributed by atoms with van der Waals surface area (Å²) in [6, 6.07) is 0. The molecule has 0 spiro atoms. The second kappa shape index (κ2) is 3.20. The zero-order valence-corrected chi connectivity index (χ0v) is 7.42. The Kier molecular flexibility index (Phi) is 2.04. The summed E-state index contributed by atoms with van der Waals surface area (Å²) in [7, 11) is 0. The van der Waals surface area contributed by atoms with Crippen molar-refractivity contribution in [2.75, 3.05) is 5.73 Å². The van der Waals surface area contributed by atoms with Gasteiger partial charge in [0, 0.05) is 6.42 Å². The zero-order valence-electron chi connectivity index (χ0n) is 7.42. The fourth-order valence-corrected chi connectivity index (χ4v) is 1.59. The molecule has 0 bridgehead atoms. The van der Waals surface area contributed by atoms with E-state index in [9.17, 15) is 4.79 Å². The first-order valence-electron chi connectivity index (χ1n) is 4.59. The molecule has 4 nitrogen and oxygen atoms in total. The second-order valence-electron chi connectivity index (χ2n) is 3.62. The number of nitrogens with one attached hydrogen (secondary N) is 1. The number of carbonyl (C=O) groups is 1. The number of H-pyrrole nitrogens is 1. The molecule has 13 heavy (non-hydrogen) atoms. The molecule has 0 radical (unpaired) electrons. The molecule has 2 rings (SSSR count). The molecule has 1 aliphatic carbocycles. The van der Waals surface area contributed by atoms with Crippen molar-refractivity contribution in [3.05, 3.63) is 11.8 Å². The molecule has 0 aliphatic heterocycles. The smallest absolute Gasteiger partial charge is 0.168 e. The number of anilines is 1. The average Bonchev–Trinajstić information content (AvgIpc) is 2.43. The van der Waals surface area contributed by atoms with Crippen LogP contribution in [-0.2, 0) is 0 Å². The number of rotatable bonds is 3. The number of nitrogen functional groups attached to an aromatic ring is 1. The number of nitrogens with zero attached hydrogens (tertiary/aromatic N) is 1. The minimum Gasteiger partial charge on any atom is -0.383 e. The predicted molar refractivity (Wildman–Crippen MR) is 49.3 cm³/mol. The van der Waals surface area contributed by atoms with Gasteiger partial charge in [0.25, 0.3) is 0 Å². The summed E-state index contributed by atoms with van der Waals surface area (Å²) >= 11 is 0. The number of aromatic amines is 1. The molecule has 0 atom stereocenters. The number of Topliss-reactive ketones (excluding diaryl/α,β-unsaturated/α-hetero) is 1. The quantitative estimate of drug-likeness (QED) is 0.688. The molecule has 1 saturated carbocycles. The normalized spacial score (nSPS) is 16.9. The van der Waals surface area contributed by atoms with Crippen molar-refractivity contribution in [2.24, 2.45) is 5.92 Å². The summed E-state index contributed by atoms with van der Waals surface area (Å²) in [4.78, 5) is 11.6. The summed E-state index contributed by atoms with van der Waals surface area (Å²) in [5.74, 6) is 1.10. The lowest BCUT2D eigenvalue weighted by Crippen LogP contribution is -2.16. The molecule has 1 aromatic heterocycles. The van der Waals surface area contributed by atoms with E-state index in [-0.39, 0.29) is 5.78 Å². The number of hydrogen-bond acceptors (Lipinski definition) is 3. The van der Waals surface area contributed by atoms with E-state index >= 15 is 0 Å². The van der Waals surface area contributed by atoms with Crippen LogP contribution in [0.25, 0.3) is 0 Å². The van der Waals surface area contributed by atoms with Crippen LogP contribution in [0.5, 0.6) is 0 Å². The Morgan fingerprint density at radius 1 is 1.69 bits per heavy atom. The van der Waals surface area contributed by atoms with Crippen molar-refractivity contribution in [3.63, 3.8) is 0 Å². The molecule has 0 unspecified atom stereocenters. The van der Waals surface area contributed by atoms with Gasteiger partial charge in [0.1, 0.15) is 5.82 Å². The molecule has 0 aromatic carbocycles. The van der Waals surface area contributed by atoms with Crippen molar-refractivity contribution in [1.29, 1.82) is 0 Å². The van der Waals surface area contributed by atoms with E-state index in [1.165, 1.54) is 25.5 Å². The van der Waals surface area contributed by atoms with Crippen molar-refractivity contribution < 1.29 is 4.79 Å². The molecule has 1 heterocycles. The fourth-order valence-electron chi connectivity index (χ4n) is 1.59. The lowest BCUT2D eigenvalue weighted by atomic mass is 9.81. The van der Waals surface area contributed by atoms with Crippen LogP contribution in [0.15, 0.2) is 6.20 Å².